The number of carbonyl (C=O) groups excluding carboxylic acids is 2. The number of rotatable bonds is 4. The van der Waals surface area contributed by atoms with Crippen molar-refractivity contribution in [2.24, 2.45) is 5.92 Å². The molecule has 1 saturated carbocycles. The standard InChI is InChI=1S/C17H26N2O3/c1-5-22-17(21)15-11(3)14(12(4)18-15)16(20)19-13-9-7-6-8-10(13)2/h10,13,18H,5-9H2,1-4H3,(H,19,20)/t10-,13-/m0/s1. The zero-order valence-corrected chi connectivity index (χ0v) is 13.9. The number of ether oxygens (including phenoxy) is 1. The third-order valence-electron chi connectivity index (χ3n) is 4.57. The molecule has 2 rings (SSSR count). The van der Waals surface area contributed by atoms with Crippen LogP contribution in [0.3, 0.4) is 0 Å². The SMILES string of the molecule is CCOC(=O)c1[nH]c(C)c(C(=O)N[C@H]2CCCC[C@@H]2C)c1C. The van der Waals surface area contributed by atoms with Gasteiger partial charge in [-0.15, -0.1) is 0 Å². The van der Waals surface area contributed by atoms with Gasteiger partial charge in [-0.1, -0.05) is 19.8 Å². The molecule has 2 N–H and O–H groups in total. The number of H-pyrrole nitrogens is 1. The average Bonchev–Trinajstić information content (AvgIpc) is 2.77. The number of hydrogen-bond donors (Lipinski definition) is 2. The molecule has 5 nitrogen and oxygen atoms in total. The Bertz CT molecular complexity index is 562. The molecule has 0 unspecified atom stereocenters. The lowest BCUT2D eigenvalue weighted by Crippen LogP contribution is -2.41. The van der Waals surface area contributed by atoms with Crippen LogP contribution in [0.5, 0.6) is 0 Å². The second-order valence-electron chi connectivity index (χ2n) is 6.19. The Morgan fingerprint density at radius 3 is 2.59 bits per heavy atom. The zero-order chi connectivity index (χ0) is 16.3. The number of hydrogen-bond acceptors (Lipinski definition) is 3. The van der Waals surface area contributed by atoms with Crippen molar-refractivity contribution < 1.29 is 14.3 Å². The molecule has 0 radical (unpaired) electrons. The fourth-order valence-electron chi connectivity index (χ4n) is 3.27. The highest BCUT2D eigenvalue weighted by Gasteiger charge is 2.27. The minimum atomic E-state index is -0.409. The Morgan fingerprint density at radius 1 is 1.27 bits per heavy atom. The molecule has 1 aromatic rings. The van der Waals surface area contributed by atoms with Gasteiger partial charge in [0.05, 0.1) is 12.2 Å². The lowest BCUT2D eigenvalue weighted by atomic mass is 9.86. The van der Waals surface area contributed by atoms with Crippen molar-refractivity contribution in [2.75, 3.05) is 6.61 Å². The molecule has 0 aliphatic heterocycles. The van der Waals surface area contributed by atoms with Crippen molar-refractivity contribution in [3.63, 3.8) is 0 Å². The first-order valence-electron chi connectivity index (χ1n) is 8.12. The zero-order valence-electron chi connectivity index (χ0n) is 13.9. The van der Waals surface area contributed by atoms with E-state index in [-0.39, 0.29) is 11.9 Å². The van der Waals surface area contributed by atoms with Crippen LogP contribution in [-0.2, 0) is 4.74 Å². The molecule has 1 aromatic heterocycles. The van der Waals surface area contributed by atoms with Crippen LogP contribution in [0.15, 0.2) is 0 Å². The van der Waals surface area contributed by atoms with Gasteiger partial charge in [0.15, 0.2) is 0 Å². The van der Waals surface area contributed by atoms with Crippen LogP contribution < -0.4 is 5.32 Å². The van der Waals surface area contributed by atoms with Crippen LogP contribution in [0.1, 0.15) is 71.6 Å². The molecule has 2 atom stereocenters. The molecule has 0 aromatic carbocycles. The quantitative estimate of drug-likeness (QED) is 0.840. The van der Waals surface area contributed by atoms with Crippen LogP contribution >= 0.6 is 0 Å². The second-order valence-corrected chi connectivity index (χ2v) is 6.19. The Hall–Kier alpha value is -1.78. The van der Waals surface area contributed by atoms with Gasteiger partial charge in [0.1, 0.15) is 5.69 Å². The number of aryl methyl sites for hydroxylation is 1. The first-order chi connectivity index (χ1) is 10.5. The van der Waals surface area contributed by atoms with Crippen LogP contribution in [0.2, 0.25) is 0 Å². The third-order valence-corrected chi connectivity index (χ3v) is 4.57. The molecule has 0 bridgehead atoms. The van der Waals surface area contributed by atoms with E-state index >= 15 is 0 Å². The van der Waals surface area contributed by atoms with E-state index in [1.165, 1.54) is 6.42 Å². The Morgan fingerprint density at radius 2 is 1.95 bits per heavy atom. The van der Waals surface area contributed by atoms with E-state index < -0.39 is 5.97 Å². The summed E-state index contributed by atoms with van der Waals surface area (Å²) in [6.45, 7) is 7.87. The molecule has 1 aliphatic rings. The van der Waals surface area contributed by atoms with Crippen molar-refractivity contribution in [2.45, 2.75) is 59.4 Å². The van der Waals surface area contributed by atoms with E-state index in [4.69, 9.17) is 4.74 Å². The van der Waals surface area contributed by atoms with Crippen molar-refractivity contribution in [1.29, 1.82) is 0 Å². The lowest BCUT2D eigenvalue weighted by molar-refractivity contribution is 0.0519. The molecule has 5 heteroatoms. The van der Waals surface area contributed by atoms with Gasteiger partial charge in [-0.2, -0.15) is 0 Å². The van der Waals surface area contributed by atoms with Gasteiger partial charge in [-0.25, -0.2) is 4.79 Å². The molecular weight excluding hydrogens is 280 g/mol. The maximum absolute atomic E-state index is 12.6. The summed E-state index contributed by atoms with van der Waals surface area (Å²) in [5.41, 5.74) is 2.32. The normalized spacial score (nSPS) is 21.5. The van der Waals surface area contributed by atoms with E-state index in [0.29, 0.717) is 35.0 Å². The van der Waals surface area contributed by atoms with Crippen molar-refractivity contribution in [3.05, 3.63) is 22.5 Å². The van der Waals surface area contributed by atoms with Gasteiger partial charge in [-0.3, -0.25) is 4.79 Å². The molecule has 122 valence electrons. The van der Waals surface area contributed by atoms with Crippen LogP contribution in [0.4, 0.5) is 0 Å². The minimum Gasteiger partial charge on any atom is -0.461 e. The summed E-state index contributed by atoms with van der Waals surface area (Å²) in [5, 5.41) is 3.14. The largest absolute Gasteiger partial charge is 0.461 e. The second kappa shape index (κ2) is 6.99. The molecule has 0 saturated heterocycles. The van der Waals surface area contributed by atoms with Gasteiger partial charge < -0.3 is 15.0 Å². The van der Waals surface area contributed by atoms with Gasteiger partial charge in [-0.05, 0) is 45.1 Å². The molecular formula is C17H26N2O3. The predicted octanol–water partition coefficient (Wildman–Crippen LogP) is 3.12. The summed E-state index contributed by atoms with van der Waals surface area (Å²) < 4.78 is 5.02. The first-order valence-corrected chi connectivity index (χ1v) is 8.12. The van der Waals surface area contributed by atoms with Gasteiger partial charge in [0.25, 0.3) is 5.91 Å². The topological polar surface area (TPSA) is 71.2 Å². The lowest BCUT2D eigenvalue weighted by Gasteiger charge is -2.29. The summed E-state index contributed by atoms with van der Waals surface area (Å²) in [4.78, 5) is 27.5. The molecule has 1 fully saturated rings. The first kappa shape index (κ1) is 16.6. The summed E-state index contributed by atoms with van der Waals surface area (Å²) in [7, 11) is 0. The number of esters is 1. The van der Waals surface area contributed by atoms with E-state index in [2.05, 4.69) is 17.2 Å². The van der Waals surface area contributed by atoms with E-state index in [1.807, 2.05) is 6.92 Å². The number of aromatic amines is 1. The average molecular weight is 306 g/mol. The smallest absolute Gasteiger partial charge is 0.355 e. The summed E-state index contributed by atoms with van der Waals surface area (Å²) in [6, 6.07) is 0.223. The van der Waals surface area contributed by atoms with Crippen LogP contribution in [0.25, 0.3) is 0 Å². The number of amides is 1. The predicted molar refractivity (Wildman–Crippen MR) is 85.1 cm³/mol. The molecule has 22 heavy (non-hydrogen) atoms. The van der Waals surface area contributed by atoms with Crippen LogP contribution in [-0.4, -0.2) is 29.5 Å². The van der Waals surface area contributed by atoms with E-state index in [1.54, 1.807) is 13.8 Å². The maximum atomic E-state index is 12.6. The number of aromatic nitrogens is 1. The molecule has 1 heterocycles. The molecule has 1 aliphatic carbocycles. The number of nitrogens with one attached hydrogen (secondary N) is 2. The van der Waals surface area contributed by atoms with E-state index in [9.17, 15) is 9.59 Å². The highest BCUT2D eigenvalue weighted by atomic mass is 16.5. The van der Waals surface area contributed by atoms with Crippen molar-refractivity contribution in [3.8, 4) is 0 Å². The van der Waals surface area contributed by atoms with Gasteiger partial charge in [0, 0.05) is 11.7 Å². The Labute approximate surface area is 131 Å². The highest BCUT2D eigenvalue weighted by molar-refractivity contribution is 6.01. The molecule has 1 amide bonds. The van der Waals surface area contributed by atoms with E-state index in [0.717, 1.165) is 19.3 Å². The fraction of sp³-hybridized carbons (Fsp3) is 0.647. The monoisotopic (exact) mass is 306 g/mol. The Balaban J connectivity index is 2.17. The van der Waals surface area contributed by atoms with Gasteiger partial charge in [0.2, 0.25) is 0 Å². The van der Waals surface area contributed by atoms with Crippen LogP contribution in [0, 0.1) is 19.8 Å². The summed E-state index contributed by atoms with van der Waals surface area (Å²) >= 11 is 0. The third kappa shape index (κ3) is 3.34. The maximum Gasteiger partial charge on any atom is 0.355 e. The minimum absolute atomic E-state index is 0.0967. The van der Waals surface area contributed by atoms with Crippen molar-refractivity contribution in [1.82, 2.24) is 10.3 Å². The number of carbonyl (C=O) groups is 2. The highest BCUT2D eigenvalue weighted by Crippen LogP contribution is 2.25. The molecule has 0 spiro atoms. The van der Waals surface area contributed by atoms with Gasteiger partial charge >= 0.3 is 5.97 Å². The Kier molecular flexibility index (Phi) is 5.27. The van der Waals surface area contributed by atoms with Crippen molar-refractivity contribution >= 4 is 11.9 Å². The summed E-state index contributed by atoms with van der Waals surface area (Å²) in [6.07, 6.45) is 4.58. The summed E-state index contributed by atoms with van der Waals surface area (Å²) in [5.74, 6) is -0.00415. The fourth-order valence-corrected chi connectivity index (χ4v) is 3.27.